The van der Waals surface area contributed by atoms with E-state index in [0.29, 0.717) is 5.04 Å². The fourth-order valence-electron chi connectivity index (χ4n) is 1.65. The zero-order chi connectivity index (χ0) is 15.6. The summed E-state index contributed by atoms with van der Waals surface area (Å²) in [5, 5.41) is 0.314. The first kappa shape index (κ1) is 17.0. The van der Waals surface area contributed by atoms with Crippen molar-refractivity contribution in [1.82, 2.24) is 0 Å². The number of hydrogen-bond donors (Lipinski definition) is 0. The Labute approximate surface area is 126 Å². The van der Waals surface area contributed by atoms with Gasteiger partial charge in [-0.25, -0.2) is 0 Å². The maximum absolute atomic E-state index is 6.25. The van der Waals surface area contributed by atoms with Crippen LogP contribution in [0.5, 0.6) is 0 Å². The molecule has 0 aliphatic carbocycles. The van der Waals surface area contributed by atoms with Gasteiger partial charge in [0.25, 0.3) is 0 Å². The van der Waals surface area contributed by atoms with E-state index < -0.39 is 8.07 Å². The summed E-state index contributed by atoms with van der Waals surface area (Å²) in [5.41, 5.74) is 3.41. The first-order valence-electron chi connectivity index (χ1n) is 7.40. The molecule has 0 fully saturated rings. The zero-order valence-electron chi connectivity index (χ0n) is 14.4. The van der Waals surface area contributed by atoms with Crippen LogP contribution in [0.25, 0.3) is 5.76 Å². The summed E-state index contributed by atoms with van der Waals surface area (Å²) in [4.78, 5) is 0. The van der Waals surface area contributed by atoms with Crippen LogP contribution in [0.2, 0.25) is 18.1 Å². The Morgan fingerprint density at radius 2 is 1.45 bits per heavy atom. The van der Waals surface area contributed by atoms with Crippen LogP contribution in [0.15, 0.2) is 36.0 Å². The van der Waals surface area contributed by atoms with Crippen LogP contribution < -0.4 is 0 Å². The maximum atomic E-state index is 6.25. The predicted octanol–water partition coefficient (Wildman–Crippen LogP) is 5.89. The lowest BCUT2D eigenvalue weighted by Crippen LogP contribution is -2.36. The summed E-state index contributed by atoms with van der Waals surface area (Å²) in [6, 6.07) is 10.4. The molecule has 0 radical (unpaired) electrons. The van der Waals surface area contributed by atoms with E-state index in [9.17, 15) is 0 Å². The van der Waals surface area contributed by atoms with Crippen molar-refractivity contribution in [2.24, 2.45) is 0 Å². The Hall–Kier alpha value is -1.02. The summed E-state index contributed by atoms with van der Waals surface area (Å²) in [6.45, 7) is 18.1. The number of rotatable bonds is 3. The molecule has 1 nitrogen and oxygen atoms in total. The third-order valence-electron chi connectivity index (χ3n) is 3.90. The van der Waals surface area contributed by atoms with Crippen LogP contribution in [0, 0.1) is 0 Å². The molecule has 0 aliphatic rings. The number of ether oxygens (including phenoxy) is 1. The quantitative estimate of drug-likeness (QED) is 0.498. The van der Waals surface area contributed by atoms with Gasteiger partial charge >= 0.3 is 0 Å². The topological polar surface area (TPSA) is 9.23 Å². The molecular formula is C18H30OSi. The van der Waals surface area contributed by atoms with E-state index in [2.05, 4.69) is 84.6 Å². The summed E-state index contributed by atoms with van der Waals surface area (Å²) in [5.74, 6) is 1.03. The van der Waals surface area contributed by atoms with Crippen LogP contribution in [0.4, 0.5) is 0 Å². The SMILES string of the molecule is CC(C)(C)O/C(=C\[Si](C)(C)C(C)(C)C)c1ccccc1. The van der Waals surface area contributed by atoms with Gasteiger partial charge in [-0.15, -0.1) is 0 Å². The Kier molecular flexibility index (Phi) is 4.91. The predicted molar refractivity (Wildman–Crippen MR) is 92.5 cm³/mol. The van der Waals surface area contributed by atoms with Crippen molar-refractivity contribution in [2.45, 2.75) is 65.3 Å². The standard InChI is InChI=1S/C18H30OSi/c1-17(2,3)19-16(15-12-10-9-11-13-15)14-20(7,8)18(4,5)6/h9-14H,1-8H3/b16-14-. The van der Waals surface area contributed by atoms with Crippen molar-refractivity contribution < 1.29 is 4.74 Å². The average Bonchev–Trinajstić information content (AvgIpc) is 2.25. The zero-order valence-corrected chi connectivity index (χ0v) is 15.4. The molecule has 0 spiro atoms. The second-order valence-electron chi connectivity index (χ2n) is 8.06. The second kappa shape index (κ2) is 5.77. The molecule has 1 aromatic rings. The van der Waals surface area contributed by atoms with Crippen molar-refractivity contribution in [3.05, 3.63) is 41.6 Å². The molecule has 0 saturated carbocycles. The van der Waals surface area contributed by atoms with E-state index in [1.54, 1.807) is 0 Å². The van der Waals surface area contributed by atoms with Crippen molar-refractivity contribution >= 4 is 13.8 Å². The minimum absolute atomic E-state index is 0.177. The molecule has 20 heavy (non-hydrogen) atoms. The van der Waals surface area contributed by atoms with Crippen molar-refractivity contribution in [3.8, 4) is 0 Å². The molecule has 0 heterocycles. The van der Waals surface area contributed by atoms with E-state index in [1.807, 2.05) is 6.07 Å². The highest BCUT2D eigenvalue weighted by Crippen LogP contribution is 2.39. The van der Waals surface area contributed by atoms with Gasteiger partial charge in [0.05, 0.1) is 8.07 Å². The summed E-state index contributed by atoms with van der Waals surface area (Å²) in [7, 11) is -1.54. The van der Waals surface area contributed by atoms with E-state index >= 15 is 0 Å². The van der Waals surface area contributed by atoms with Crippen LogP contribution >= 0.6 is 0 Å². The molecule has 1 aromatic carbocycles. The monoisotopic (exact) mass is 290 g/mol. The second-order valence-corrected chi connectivity index (χ2v) is 13.3. The van der Waals surface area contributed by atoms with Gasteiger partial charge in [-0.2, -0.15) is 0 Å². The third-order valence-corrected chi connectivity index (χ3v) is 8.75. The first-order valence-corrected chi connectivity index (χ1v) is 10.5. The van der Waals surface area contributed by atoms with Crippen LogP contribution in [-0.4, -0.2) is 13.7 Å². The van der Waals surface area contributed by atoms with Crippen molar-refractivity contribution in [1.29, 1.82) is 0 Å². The molecule has 0 atom stereocenters. The molecule has 0 bridgehead atoms. The Morgan fingerprint density at radius 1 is 0.950 bits per heavy atom. The molecule has 1 rings (SSSR count). The van der Waals surface area contributed by atoms with Gasteiger partial charge < -0.3 is 4.74 Å². The molecule has 112 valence electrons. The lowest BCUT2D eigenvalue weighted by molar-refractivity contribution is 0.0972. The highest BCUT2D eigenvalue weighted by atomic mass is 28.3. The Balaban J connectivity index is 3.25. The molecule has 0 amide bonds. The van der Waals surface area contributed by atoms with Gasteiger partial charge in [0.2, 0.25) is 0 Å². The Morgan fingerprint density at radius 3 is 1.85 bits per heavy atom. The van der Waals surface area contributed by atoms with Crippen molar-refractivity contribution in [3.63, 3.8) is 0 Å². The molecular weight excluding hydrogens is 260 g/mol. The smallest absolute Gasteiger partial charge is 0.119 e. The normalized spacial score (nSPS) is 14.3. The van der Waals surface area contributed by atoms with Gasteiger partial charge in [0.1, 0.15) is 11.4 Å². The van der Waals surface area contributed by atoms with Crippen molar-refractivity contribution in [2.75, 3.05) is 0 Å². The van der Waals surface area contributed by atoms with E-state index in [0.717, 1.165) is 5.76 Å². The van der Waals surface area contributed by atoms with Crippen LogP contribution in [0.3, 0.4) is 0 Å². The van der Waals surface area contributed by atoms with Crippen LogP contribution in [-0.2, 0) is 4.74 Å². The van der Waals surface area contributed by atoms with Crippen LogP contribution in [0.1, 0.15) is 47.1 Å². The number of hydrogen-bond acceptors (Lipinski definition) is 1. The fraction of sp³-hybridized carbons (Fsp3) is 0.556. The summed E-state index contributed by atoms with van der Waals surface area (Å²) >= 11 is 0. The Bertz CT molecular complexity index is 458. The molecule has 0 N–H and O–H groups in total. The number of benzene rings is 1. The fourth-order valence-corrected chi connectivity index (χ4v) is 2.96. The summed E-state index contributed by atoms with van der Waals surface area (Å²) in [6.07, 6.45) is 0. The minimum atomic E-state index is -1.54. The molecule has 0 aromatic heterocycles. The van der Waals surface area contributed by atoms with Gasteiger partial charge in [0.15, 0.2) is 0 Å². The average molecular weight is 291 g/mol. The summed E-state index contributed by atoms with van der Waals surface area (Å²) < 4.78 is 6.25. The van der Waals surface area contributed by atoms with Gasteiger partial charge in [-0.3, -0.25) is 0 Å². The molecule has 0 aliphatic heterocycles. The maximum Gasteiger partial charge on any atom is 0.119 e. The highest BCUT2D eigenvalue weighted by Gasteiger charge is 2.34. The van der Waals surface area contributed by atoms with Gasteiger partial charge in [-0.1, -0.05) is 69.9 Å². The van der Waals surface area contributed by atoms with E-state index in [4.69, 9.17) is 4.74 Å². The lowest BCUT2D eigenvalue weighted by atomic mass is 10.1. The first-order chi connectivity index (χ1) is 8.92. The van der Waals surface area contributed by atoms with Gasteiger partial charge in [-0.05, 0) is 25.8 Å². The van der Waals surface area contributed by atoms with Gasteiger partial charge in [0, 0.05) is 5.56 Å². The third kappa shape index (κ3) is 4.82. The largest absolute Gasteiger partial charge is 0.488 e. The molecule has 2 heteroatoms. The lowest BCUT2D eigenvalue weighted by Gasteiger charge is -2.35. The molecule has 0 saturated heterocycles. The van der Waals surface area contributed by atoms with E-state index in [-0.39, 0.29) is 5.60 Å². The molecule has 0 unspecified atom stereocenters. The van der Waals surface area contributed by atoms with E-state index in [1.165, 1.54) is 5.56 Å². The minimum Gasteiger partial charge on any atom is -0.488 e. The highest BCUT2D eigenvalue weighted by molar-refractivity contribution is 6.85.